The highest BCUT2D eigenvalue weighted by molar-refractivity contribution is 5.89. The summed E-state index contributed by atoms with van der Waals surface area (Å²) in [5.41, 5.74) is 6.04. The maximum Gasteiger partial charge on any atom is 0.319 e. The molecule has 0 spiro atoms. The number of amides is 2. The lowest BCUT2D eigenvalue weighted by molar-refractivity contribution is 0.0342. The van der Waals surface area contributed by atoms with E-state index in [-0.39, 0.29) is 6.03 Å². The van der Waals surface area contributed by atoms with Crippen molar-refractivity contribution in [2.75, 3.05) is 31.6 Å². The van der Waals surface area contributed by atoms with Crippen molar-refractivity contribution in [1.29, 1.82) is 0 Å². The molecular weight excluding hydrogens is 338 g/mol. The Balaban J connectivity index is 1.29. The maximum absolute atomic E-state index is 12.2. The van der Waals surface area contributed by atoms with Gasteiger partial charge in [0.05, 0.1) is 13.2 Å². The number of carbonyl (C=O) groups excluding carboxylic acids is 1. The van der Waals surface area contributed by atoms with E-state index in [1.807, 2.05) is 6.07 Å². The molecular formula is C22H27N3O2. The fraction of sp³-hybridized carbons (Fsp3) is 0.409. The molecule has 1 aliphatic heterocycles. The fourth-order valence-corrected chi connectivity index (χ4v) is 3.86. The normalized spacial score (nSPS) is 16.7. The molecule has 2 aliphatic rings. The van der Waals surface area contributed by atoms with Crippen molar-refractivity contribution in [2.45, 2.75) is 32.4 Å². The van der Waals surface area contributed by atoms with Crippen LogP contribution in [0.3, 0.4) is 0 Å². The number of ether oxygens (including phenoxy) is 1. The maximum atomic E-state index is 12.2. The zero-order valence-corrected chi connectivity index (χ0v) is 15.7. The van der Waals surface area contributed by atoms with Crippen LogP contribution in [0.1, 0.15) is 28.7 Å². The van der Waals surface area contributed by atoms with E-state index in [4.69, 9.17) is 4.74 Å². The molecule has 0 aromatic heterocycles. The number of aryl methyl sites for hydroxylation is 2. The summed E-state index contributed by atoms with van der Waals surface area (Å²) in [7, 11) is 0. The first-order valence-corrected chi connectivity index (χ1v) is 9.81. The van der Waals surface area contributed by atoms with Crippen molar-refractivity contribution >= 4 is 11.7 Å². The SMILES string of the molecule is O=C(NCc1cccc(CN2CCOCC2)c1)Nc1ccc2c(c1)CCC2. The Labute approximate surface area is 160 Å². The average molecular weight is 365 g/mol. The zero-order valence-electron chi connectivity index (χ0n) is 15.7. The molecule has 0 unspecified atom stereocenters. The third-order valence-corrected chi connectivity index (χ3v) is 5.31. The number of nitrogens with zero attached hydrogens (tertiary/aromatic N) is 1. The number of rotatable bonds is 5. The van der Waals surface area contributed by atoms with E-state index in [0.717, 1.165) is 56.9 Å². The van der Waals surface area contributed by atoms with E-state index in [1.165, 1.54) is 23.1 Å². The summed E-state index contributed by atoms with van der Waals surface area (Å²) in [6, 6.07) is 14.5. The van der Waals surface area contributed by atoms with Gasteiger partial charge in [-0.25, -0.2) is 4.79 Å². The van der Waals surface area contributed by atoms with Gasteiger partial charge in [0.15, 0.2) is 0 Å². The molecule has 2 aromatic carbocycles. The van der Waals surface area contributed by atoms with Crippen molar-refractivity contribution in [2.24, 2.45) is 0 Å². The second kappa shape index (κ2) is 8.55. The Kier molecular flexibility index (Phi) is 5.70. The third kappa shape index (κ3) is 4.87. The second-order valence-electron chi connectivity index (χ2n) is 7.35. The van der Waals surface area contributed by atoms with Gasteiger partial charge in [-0.2, -0.15) is 0 Å². The molecule has 5 nitrogen and oxygen atoms in total. The van der Waals surface area contributed by atoms with Gasteiger partial charge in [0.1, 0.15) is 0 Å². The standard InChI is InChI=1S/C22H27N3O2/c26-22(24-21-8-7-19-5-2-6-20(19)14-21)23-15-17-3-1-4-18(13-17)16-25-9-11-27-12-10-25/h1,3-4,7-8,13-14H,2,5-6,9-12,15-16H2,(H2,23,24,26). The van der Waals surface area contributed by atoms with Crippen molar-refractivity contribution in [3.05, 3.63) is 64.7 Å². The van der Waals surface area contributed by atoms with Crippen LogP contribution in [0.2, 0.25) is 0 Å². The number of urea groups is 1. The summed E-state index contributed by atoms with van der Waals surface area (Å²) in [5.74, 6) is 0. The van der Waals surface area contributed by atoms with Crippen molar-refractivity contribution < 1.29 is 9.53 Å². The Morgan fingerprint density at radius 3 is 2.70 bits per heavy atom. The first-order valence-electron chi connectivity index (χ1n) is 9.81. The summed E-state index contributed by atoms with van der Waals surface area (Å²) in [6.07, 6.45) is 3.48. The van der Waals surface area contributed by atoms with Crippen LogP contribution >= 0.6 is 0 Å². The lowest BCUT2D eigenvalue weighted by atomic mass is 10.1. The van der Waals surface area contributed by atoms with Gasteiger partial charge in [-0.3, -0.25) is 4.90 Å². The lowest BCUT2D eigenvalue weighted by Gasteiger charge is -2.26. The van der Waals surface area contributed by atoms with Gasteiger partial charge in [0.25, 0.3) is 0 Å². The highest BCUT2D eigenvalue weighted by Gasteiger charge is 2.12. The van der Waals surface area contributed by atoms with Crippen LogP contribution < -0.4 is 10.6 Å². The number of carbonyl (C=O) groups is 1. The fourth-order valence-electron chi connectivity index (χ4n) is 3.86. The van der Waals surface area contributed by atoms with Gasteiger partial charge >= 0.3 is 6.03 Å². The minimum Gasteiger partial charge on any atom is -0.379 e. The number of hydrogen-bond donors (Lipinski definition) is 2. The molecule has 27 heavy (non-hydrogen) atoms. The van der Waals surface area contributed by atoms with E-state index in [2.05, 4.69) is 51.9 Å². The quantitative estimate of drug-likeness (QED) is 0.855. The molecule has 0 saturated carbocycles. The molecule has 2 N–H and O–H groups in total. The topological polar surface area (TPSA) is 53.6 Å². The molecule has 4 rings (SSSR count). The van der Waals surface area contributed by atoms with Gasteiger partial charge in [0.2, 0.25) is 0 Å². The second-order valence-corrected chi connectivity index (χ2v) is 7.35. The predicted molar refractivity (Wildman–Crippen MR) is 107 cm³/mol. The lowest BCUT2D eigenvalue weighted by Crippen LogP contribution is -2.35. The smallest absolute Gasteiger partial charge is 0.319 e. The van der Waals surface area contributed by atoms with Gasteiger partial charge in [-0.1, -0.05) is 30.3 Å². The summed E-state index contributed by atoms with van der Waals surface area (Å²) in [4.78, 5) is 14.6. The van der Waals surface area contributed by atoms with Gasteiger partial charge in [-0.05, 0) is 53.6 Å². The van der Waals surface area contributed by atoms with Crippen molar-refractivity contribution in [1.82, 2.24) is 10.2 Å². The Bertz CT molecular complexity index is 800. The summed E-state index contributed by atoms with van der Waals surface area (Å²) in [6.45, 7) is 5.03. The molecule has 1 fully saturated rings. The average Bonchev–Trinajstić information content (AvgIpc) is 3.15. The number of anilines is 1. The van der Waals surface area contributed by atoms with Crippen LogP contribution in [0, 0.1) is 0 Å². The number of nitrogens with one attached hydrogen (secondary N) is 2. The Hall–Kier alpha value is -2.37. The molecule has 0 radical (unpaired) electrons. The van der Waals surface area contributed by atoms with Crippen LogP contribution in [0.5, 0.6) is 0 Å². The number of hydrogen-bond acceptors (Lipinski definition) is 3. The van der Waals surface area contributed by atoms with Gasteiger partial charge < -0.3 is 15.4 Å². The van der Waals surface area contributed by atoms with Gasteiger partial charge in [-0.15, -0.1) is 0 Å². The zero-order chi connectivity index (χ0) is 18.5. The largest absolute Gasteiger partial charge is 0.379 e. The molecule has 2 amide bonds. The minimum atomic E-state index is -0.161. The molecule has 1 heterocycles. The Morgan fingerprint density at radius 2 is 1.81 bits per heavy atom. The van der Waals surface area contributed by atoms with Crippen molar-refractivity contribution in [3.8, 4) is 0 Å². The number of benzene rings is 2. The molecule has 0 atom stereocenters. The first-order chi connectivity index (χ1) is 13.3. The summed E-state index contributed by atoms with van der Waals surface area (Å²) in [5, 5.41) is 5.91. The van der Waals surface area contributed by atoms with E-state index in [1.54, 1.807) is 0 Å². The number of fused-ring (bicyclic) bond motifs is 1. The third-order valence-electron chi connectivity index (χ3n) is 5.31. The van der Waals surface area contributed by atoms with Gasteiger partial charge in [0, 0.05) is 31.9 Å². The monoisotopic (exact) mass is 365 g/mol. The summed E-state index contributed by atoms with van der Waals surface area (Å²) < 4.78 is 5.40. The van der Waals surface area contributed by atoms with Crippen molar-refractivity contribution in [3.63, 3.8) is 0 Å². The Morgan fingerprint density at radius 1 is 1.00 bits per heavy atom. The highest BCUT2D eigenvalue weighted by atomic mass is 16.5. The van der Waals surface area contributed by atoms with Crippen LogP contribution in [0.4, 0.5) is 10.5 Å². The van der Waals surface area contributed by atoms with Crippen LogP contribution in [-0.4, -0.2) is 37.2 Å². The van der Waals surface area contributed by atoms with Crippen LogP contribution in [0.25, 0.3) is 0 Å². The van der Waals surface area contributed by atoms with E-state index >= 15 is 0 Å². The van der Waals surface area contributed by atoms with Crippen LogP contribution in [-0.2, 0) is 30.7 Å². The summed E-state index contributed by atoms with van der Waals surface area (Å²) >= 11 is 0. The van der Waals surface area contributed by atoms with E-state index in [0.29, 0.717) is 6.54 Å². The molecule has 1 aliphatic carbocycles. The number of morpholine rings is 1. The molecule has 1 saturated heterocycles. The van der Waals surface area contributed by atoms with Crippen LogP contribution in [0.15, 0.2) is 42.5 Å². The molecule has 5 heteroatoms. The first kappa shape index (κ1) is 18.0. The highest BCUT2D eigenvalue weighted by Crippen LogP contribution is 2.24. The molecule has 142 valence electrons. The van der Waals surface area contributed by atoms with E-state index < -0.39 is 0 Å². The van der Waals surface area contributed by atoms with E-state index in [9.17, 15) is 4.79 Å². The minimum absolute atomic E-state index is 0.161. The predicted octanol–water partition coefficient (Wildman–Crippen LogP) is 3.33. The molecule has 0 bridgehead atoms. The molecule has 2 aromatic rings.